The second-order valence-electron chi connectivity index (χ2n) is 5.61. The number of aryl methyl sites for hydroxylation is 1. The Labute approximate surface area is 112 Å². The van der Waals surface area contributed by atoms with E-state index >= 15 is 0 Å². The Morgan fingerprint density at radius 3 is 2.84 bits per heavy atom. The van der Waals surface area contributed by atoms with Crippen molar-refractivity contribution >= 4 is 11.9 Å². The van der Waals surface area contributed by atoms with Crippen LogP contribution in [0.15, 0.2) is 18.2 Å². The minimum Gasteiger partial charge on any atom is -0.465 e. The number of hydrogen-bond acceptors (Lipinski definition) is 3. The predicted octanol–water partition coefficient (Wildman–Crippen LogP) is 1.47. The highest BCUT2D eigenvalue weighted by atomic mass is 16.5. The first-order valence-corrected chi connectivity index (χ1v) is 6.59. The molecule has 0 bridgehead atoms. The molecule has 1 aliphatic carbocycles. The SMILES string of the molecule is COC(=O)c1ccc2c(c1)C[C@]1(CC2)CNC(=O)C1. The average Bonchev–Trinajstić information content (AvgIpc) is 2.78. The van der Waals surface area contributed by atoms with Gasteiger partial charge in [-0.05, 0) is 42.5 Å². The number of fused-ring (bicyclic) bond motifs is 1. The zero-order valence-corrected chi connectivity index (χ0v) is 11.0. The fraction of sp³-hybridized carbons (Fsp3) is 0.467. The standard InChI is InChI=1S/C15H17NO3/c1-19-14(18)11-3-2-10-4-5-15(7-12(10)6-11)8-13(17)16-9-15/h2-3,6H,4-5,7-9H2,1H3,(H,16,17)/t15-/m0/s1. The highest BCUT2D eigenvalue weighted by Crippen LogP contribution is 2.40. The number of carbonyl (C=O) groups excluding carboxylic acids is 2. The van der Waals surface area contributed by atoms with E-state index in [2.05, 4.69) is 5.32 Å². The second-order valence-corrected chi connectivity index (χ2v) is 5.61. The fourth-order valence-electron chi connectivity index (χ4n) is 3.22. The normalized spacial score (nSPS) is 25.0. The number of esters is 1. The molecule has 2 aliphatic rings. The zero-order chi connectivity index (χ0) is 13.5. The van der Waals surface area contributed by atoms with Crippen LogP contribution in [0, 0.1) is 5.41 Å². The van der Waals surface area contributed by atoms with Crippen LogP contribution in [0.1, 0.15) is 34.3 Å². The van der Waals surface area contributed by atoms with E-state index in [4.69, 9.17) is 4.74 Å². The smallest absolute Gasteiger partial charge is 0.337 e. The van der Waals surface area contributed by atoms with Gasteiger partial charge in [0.05, 0.1) is 12.7 Å². The maximum absolute atomic E-state index is 11.6. The molecule has 1 aliphatic heterocycles. The van der Waals surface area contributed by atoms with Crippen molar-refractivity contribution in [2.75, 3.05) is 13.7 Å². The summed E-state index contributed by atoms with van der Waals surface area (Å²) in [5.41, 5.74) is 3.12. The van der Waals surface area contributed by atoms with Gasteiger partial charge in [-0.15, -0.1) is 0 Å². The number of ether oxygens (including phenoxy) is 1. The molecule has 19 heavy (non-hydrogen) atoms. The van der Waals surface area contributed by atoms with E-state index in [1.165, 1.54) is 18.2 Å². The first kappa shape index (κ1) is 12.2. The molecule has 1 heterocycles. The van der Waals surface area contributed by atoms with Crippen molar-refractivity contribution < 1.29 is 14.3 Å². The molecule has 4 heteroatoms. The maximum Gasteiger partial charge on any atom is 0.337 e. The van der Waals surface area contributed by atoms with Crippen LogP contribution in [0.2, 0.25) is 0 Å². The lowest BCUT2D eigenvalue weighted by atomic mass is 9.71. The largest absolute Gasteiger partial charge is 0.465 e. The van der Waals surface area contributed by atoms with Crippen LogP contribution in [0.25, 0.3) is 0 Å². The first-order chi connectivity index (χ1) is 9.12. The lowest BCUT2D eigenvalue weighted by Gasteiger charge is -2.33. The first-order valence-electron chi connectivity index (χ1n) is 6.59. The van der Waals surface area contributed by atoms with Gasteiger partial charge in [0.25, 0.3) is 0 Å². The third-order valence-corrected chi connectivity index (χ3v) is 4.31. The Hall–Kier alpha value is -1.84. The number of nitrogens with one attached hydrogen (secondary N) is 1. The molecule has 0 radical (unpaired) electrons. The van der Waals surface area contributed by atoms with E-state index in [-0.39, 0.29) is 17.3 Å². The number of methoxy groups -OCH3 is 1. The molecule has 1 aromatic carbocycles. The van der Waals surface area contributed by atoms with E-state index in [0.29, 0.717) is 12.0 Å². The van der Waals surface area contributed by atoms with Gasteiger partial charge in [0.1, 0.15) is 0 Å². The fourth-order valence-corrected chi connectivity index (χ4v) is 3.22. The maximum atomic E-state index is 11.6. The van der Waals surface area contributed by atoms with Crippen LogP contribution < -0.4 is 5.32 Å². The van der Waals surface area contributed by atoms with Gasteiger partial charge in [0, 0.05) is 18.4 Å². The molecule has 0 aromatic heterocycles. The molecule has 0 unspecified atom stereocenters. The van der Waals surface area contributed by atoms with Gasteiger partial charge in [-0.2, -0.15) is 0 Å². The van der Waals surface area contributed by atoms with E-state index in [1.807, 2.05) is 18.2 Å². The summed E-state index contributed by atoms with van der Waals surface area (Å²) >= 11 is 0. The molecule has 0 saturated carbocycles. The van der Waals surface area contributed by atoms with Gasteiger partial charge < -0.3 is 10.1 Å². The van der Waals surface area contributed by atoms with Crippen LogP contribution in [0.4, 0.5) is 0 Å². The Morgan fingerprint density at radius 2 is 2.16 bits per heavy atom. The van der Waals surface area contributed by atoms with Crippen molar-refractivity contribution in [3.05, 3.63) is 34.9 Å². The summed E-state index contributed by atoms with van der Waals surface area (Å²) in [5, 5.41) is 2.93. The van der Waals surface area contributed by atoms with Gasteiger partial charge in [0.15, 0.2) is 0 Å². The van der Waals surface area contributed by atoms with Crippen LogP contribution in [0.5, 0.6) is 0 Å². The molecule has 3 rings (SSSR count). The molecule has 1 amide bonds. The lowest BCUT2D eigenvalue weighted by molar-refractivity contribution is -0.119. The Morgan fingerprint density at radius 1 is 1.32 bits per heavy atom. The molecule has 1 saturated heterocycles. The van der Waals surface area contributed by atoms with E-state index in [9.17, 15) is 9.59 Å². The lowest BCUT2D eigenvalue weighted by Crippen LogP contribution is -2.31. The molecular formula is C15H17NO3. The van der Waals surface area contributed by atoms with Crippen LogP contribution in [0.3, 0.4) is 0 Å². The van der Waals surface area contributed by atoms with E-state index < -0.39 is 0 Å². The molecule has 4 nitrogen and oxygen atoms in total. The predicted molar refractivity (Wildman–Crippen MR) is 69.9 cm³/mol. The topological polar surface area (TPSA) is 55.4 Å². The second kappa shape index (κ2) is 4.37. The van der Waals surface area contributed by atoms with Gasteiger partial charge >= 0.3 is 5.97 Å². The summed E-state index contributed by atoms with van der Waals surface area (Å²) in [5.74, 6) is -0.157. The molecule has 100 valence electrons. The summed E-state index contributed by atoms with van der Waals surface area (Å²) in [6.07, 6.45) is 3.49. The third kappa shape index (κ3) is 2.11. The molecule has 1 spiro atoms. The van der Waals surface area contributed by atoms with Gasteiger partial charge in [-0.1, -0.05) is 6.07 Å². The van der Waals surface area contributed by atoms with Crippen molar-refractivity contribution in [1.82, 2.24) is 5.32 Å². The van der Waals surface area contributed by atoms with Crippen molar-refractivity contribution in [1.29, 1.82) is 0 Å². The van der Waals surface area contributed by atoms with Crippen LogP contribution in [-0.2, 0) is 22.4 Å². The summed E-state index contributed by atoms with van der Waals surface area (Å²) in [6.45, 7) is 0.758. The third-order valence-electron chi connectivity index (χ3n) is 4.31. The molecular weight excluding hydrogens is 242 g/mol. The Kier molecular flexibility index (Phi) is 2.81. The summed E-state index contributed by atoms with van der Waals surface area (Å²) in [6, 6.07) is 5.75. The quantitative estimate of drug-likeness (QED) is 0.777. The minimum absolute atomic E-state index is 0.0544. The molecule has 1 atom stereocenters. The molecule has 1 aromatic rings. The van der Waals surface area contributed by atoms with E-state index in [0.717, 1.165) is 25.8 Å². The molecule has 1 fully saturated rings. The number of amides is 1. The Balaban J connectivity index is 1.90. The number of rotatable bonds is 1. The highest BCUT2D eigenvalue weighted by Gasteiger charge is 2.40. The van der Waals surface area contributed by atoms with Crippen LogP contribution >= 0.6 is 0 Å². The minimum atomic E-state index is -0.303. The Bertz CT molecular complexity index is 552. The summed E-state index contributed by atoms with van der Waals surface area (Å²) < 4.78 is 4.76. The van der Waals surface area contributed by atoms with Crippen molar-refractivity contribution in [3.8, 4) is 0 Å². The van der Waals surface area contributed by atoms with Crippen molar-refractivity contribution in [3.63, 3.8) is 0 Å². The van der Waals surface area contributed by atoms with Gasteiger partial charge in [-0.3, -0.25) is 4.79 Å². The van der Waals surface area contributed by atoms with Gasteiger partial charge in [-0.25, -0.2) is 4.79 Å². The van der Waals surface area contributed by atoms with Crippen molar-refractivity contribution in [2.45, 2.75) is 25.7 Å². The molecule has 1 N–H and O–H groups in total. The monoisotopic (exact) mass is 259 g/mol. The van der Waals surface area contributed by atoms with Crippen LogP contribution in [-0.4, -0.2) is 25.5 Å². The van der Waals surface area contributed by atoms with E-state index in [1.54, 1.807) is 0 Å². The average molecular weight is 259 g/mol. The summed E-state index contributed by atoms with van der Waals surface area (Å²) in [4.78, 5) is 23.0. The van der Waals surface area contributed by atoms with Crippen molar-refractivity contribution in [2.24, 2.45) is 5.41 Å². The number of hydrogen-bond donors (Lipinski definition) is 1. The van der Waals surface area contributed by atoms with Gasteiger partial charge in [0.2, 0.25) is 5.91 Å². The summed E-state index contributed by atoms with van der Waals surface area (Å²) in [7, 11) is 1.39. The number of benzene rings is 1. The number of carbonyl (C=O) groups is 2. The highest BCUT2D eigenvalue weighted by molar-refractivity contribution is 5.89. The zero-order valence-electron chi connectivity index (χ0n) is 11.0.